The molecular weight excluding hydrogens is 252 g/mol. The summed E-state index contributed by atoms with van der Waals surface area (Å²) in [7, 11) is 0. The molecule has 0 rings (SSSR count). The molecule has 0 spiro atoms. The van der Waals surface area contributed by atoms with Crippen molar-refractivity contribution in [3.63, 3.8) is 0 Å². The molecule has 0 aliphatic heterocycles. The maximum Gasteiger partial charge on any atom is 0.0742 e. The molecule has 0 aromatic carbocycles. The van der Waals surface area contributed by atoms with Crippen molar-refractivity contribution in [3.8, 4) is 0 Å². The van der Waals surface area contributed by atoms with Gasteiger partial charge in [0.1, 0.15) is 0 Å². The Kier molecular flexibility index (Phi) is 23.5. The van der Waals surface area contributed by atoms with Crippen LogP contribution in [0.4, 0.5) is 0 Å². The van der Waals surface area contributed by atoms with Gasteiger partial charge in [-0.25, -0.2) is 0 Å². The quantitative estimate of drug-likeness (QED) is 0.497. The summed E-state index contributed by atoms with van der Waals surface area (Å²) in [5.41, 5.74) is 0. The first-order valence-corrected chi connectivity index (χ1v) is 8.55. The SMILES string of the molecule is CC(O)CO.CCCCCCCOCCCCCCC. The van der Waals surface area contributed by atoms with Crippen molar-refractivity contribution in [2.45, 2.75) is 91.1 Å². The number of aliphatic hydroxyl groups excluding tert-OH is 2. The van der Waals surface area contributed by atoms with Gasteiger partial charge in [-0.1, -0.05) is 65.2 Å². The van der Waals surface area contributed by atoms with E-state index in [0.717, 1.165) is 13.2 Å². The fraction of sp³-hybridized carbons (Fsp3) is 1.00. The summed E-state index contributed by atoms with van der Waals surface area (Å²) in [6.07, 6.45) is 12.9. The van der Waals surface area contributed by atoms with E-state index in [9.17, 15) is 0 Å². The molecule has 0 amide bonds. The minimum atomic E-state index is -0.560. The lowest BCUT2D eigenvalue weighted by Gasteiger charge is -2.03. The molecule has 1 unspecified atom stereocenters. The van der Waals surface area contributed by atoms with E-state index in [1.807, 2.05) is 0 Å². The van der Waals surface area contributed by atoms with E-state index < -0.39 is 6.10 Å². The minimum Gasteiger partial charge on any atom is -0.394 e. The Labute approximate surface area is 126 Å². The van der Waals surface area contributed by atoms with Crippen molar-refractivity contribution in [1.82, 2.24) is 0 Å². The number of rotatable bonds is 13. The van der Waals surface area contributed by atoms with Gasteiger partial charge < -0.3 is 14.9 Å². The van der Waals surface area contributed by atoms with E-state index in [1.165, 1.54) is 71.1 Å². The first-order valence-electron chi connectivity index (χ1n) is 8.55. The molecule has 0 aromatic rings. The van der Waals surface area contributed by atoms with Crippen molar-refractivity contribution in [1.29, 1.82) is 0 Å². The summed E-state index contributed by atoms with van der Waals surface area (Å²) in [6.45, 7) is 7.87. The zero-order chi connectivity index (χ0) is 15.5. The van der Waals surface area contributed by atoms with E-state index in [4.69, 9.17) is 14.9 Å². The second-order valence-corrected chi connectivity index (χ2v) is 5.47. The van der Waals surface area contributed by atoms with Crippen LogP contribution in [0.2, 0.25) is 0 Å². The first kappa shape index (κ1) is 22.2. The Bertz CT molecular complexity index is 137. The molecule has 0 radical (unpaired) electrons. The van der Waals surface area contributed by atoms with Crippen LogP contribution in [0.15, 0.2) is 0 Å². The van der Waals surface area contributed by atoms with Gasteiger partial charge in [0.05, 0.1) is 12.7 Å². The maximum atomic E-state index is 8.11. The van der Waals surface area contributed by atoms with Crippen molar-refractivity contribution < 1.29 is 14.9 Å². The fourth-order valence-corrected chi connectivity index (χ4v) is 1.72. The highest BCUT2D eigenvalue weighted by Gasteiger charge is 1.91. The predicted molar refractivity (Wildman–Crippen MR) is 87.1 cm³/mol. The van der Waals surface area contributed by atoms with Crippen molar-refractivity contribution >= 4 is 0 Å². The molecule has 0 bridgehead atoms. The van der Waals surface area contributed by atoms with Crippen LogP contribution in [0.3, 0.4) is 0 Å². The van der Waals surface area contributed by atoms with E-state index in [-0.39, 0.29) is 6.61 Å². The van der Waals surface area contributed by atoms with Crippen molar-refractivity contribution in [2.24, 2.45) is 0 Å². The van der Waals surface area contributed by atoms with Crippen LogP contribution in [-0.4, -0.2) is 36.1 Å². The Balaban J connectivity index is 0. The van der Waals surface area contributed by atoms with Crippen molar-refractivity contribution in [2.75, 3.05) is 19.8 Å². The van der Waals surface area contributed by atoms with E-state index in [2.05, 4.69) is 13.8 Å². The summed E-state index contributed by atoms with van der Waals surface area (Å²) in [6, 6.07) is 0. The average molecular weight is 290 g/mol. The molecule has 0 saturated carbocycles. The molecule has 124 valence electrons. The molecule has 0 aliphatic rings. The molecular formula is C17H38O3. The molecule has 3 nitrogen and oxygen atoms in total. The monoisotopic (exact) mass is 290 g/mol. The standard InChI is InChI=1S/C14H30O.C3H8O2/c1-3-5-7-9-11-13-15-14-12-10-8-6-4-2;1-3(5)2-4/h3-14H2,1-2H3;3-5H,2H2,1H3. The lowest BCUT2D eigenvalue weighted by molar-refractivity contribution is 0.110. The van der Waals surface area contributed by atoms with E-state index in [1.54, 1.807) is 0 Å². The highest BCUT2D eigenvalue weighted by Crippen LogP contribution is 2.04. The normalized spacial score (nSPS) is 11.8. The van der Waals surface area contributed by atoms with Gasteiger partial charge in [-0.3, -0.25) is 0 Å². The fourth-order valence-electron chi connectivity index (χ4n) is 1.72. The highest BCUT2D eigenvalue weighted by atomic mass is 16.5. The third-order valence-electron chi connectivity index (χ3n) is 3.05. The molecule has 1 atom stereocenters. The number of unbranched alkanes of at least 4 members (excludes halogenated alkanes) is 8. The smallest absolute Gasteiger partial charge is 0.0742 e. The van der Waals surface area contributed by atoms with Gasteiger partial charge in [-0.15, -0.1) is 0 Å². The van der Waals surface area contributed by atoms with Crippen LogP contribution in [-0.2, 0) is 4.74 Å². The third-order valence-corrected chi connectivity index (χ3v) is 3.05. The van der Waals surface area contributed by atoms with Crippen LogP contribution < -0.4 is 0 Å². The van der Waals surface area contributed by atoms with E-state index in [0.29, 0.717) is 0 Å². The Morgan fingerprint density at radius 2 is 1.10 bits per heavy atom. The zero-order valence-electron chi connectivity index (χ0n) is 14.1. The largest absolute Gasteiger partial charge is 0.394 e. The number of hydrogen-bond acceptors (Lipinski definition) is 3. The van der Waals surface area contributed by atoms with Crippen molar-refractivity contribution in [3.05, 3.63) is 0 Å². The number of ether oxygens (including phenoxy) is 1. The molecule has 0 heterocycles. The topological polar surface area (TPSA) is 49.7 Å². The Morgan fingerprint density at radius 3 is 1.40 bits per heavy atom. The second kappa shape index (κ2) is 21.2. The highest BCUT2D eigenvalue weighted by molar-refractivity contribution is 4.44. The molecule has 3 heteroatoms. The number of aliphatic hydroxyl groups is 2. The summed E-state index contributed by atoms with van der Waals surface area (Å²) in [5.74, 6) is 0. The van der Waals surface area contributed by atoms with Crippen LogP contribution in [0.1, 0.15) is 85.0 Å². The van der Waals surface area contributed by atoms with Gasteiger partial charge in [0.15, 0.2) is 0 Å². The average Bonchev–Trinajstić information content (AvgIpc) is 2.45. The molecule has 0 saturated heterocycles. The molecule has 20 heavy (non-hydrogen) atoms. The Hall–Kier alpha value is -0.120. The van der Waals surface area contributed by atoms with Gasteiger partial charge in [0.25, 0.3) is 0 Å². The van der Waals surface area contributed by atoms with Gasteiger partial charge >= 0.3 is 0 Å². The third kappa shape index (κ3) is 26.4. The minimum absolute atomic E-state index is 0.139. The molecule has 0 fully saturated rings. The van der Waals surface area contributed by atoms with Crippen LogP contribution >= 0.6 is 0 Å². The summed E-state index contributed by atoms with van der Waals surface area (Å²) >= 11 is 0. The molecule has 0 aliphatic carbocycles. The lowest BCUT2D eigenvalue weighted by atomic mass is 10.1. The second-order valence-electron chi connectivity index (χ2n) is 5.47. The van der Waals surface area contributed by atoms with Crippen LogP contribution in [0, 0.1) is 0 Å². The zero-order valence-corrected chi connectivity index (χ0v) is 14.1. The molecule has 0 aromatic heterocycles. The van der Waals surface area contributed by atoms with Gasteiger partial charge in [-0.05, 0) is 19.8 Å². The van der Waals surface area contributed by atoms with Crippen LogP contribution in [0.25, 0.3) is 0 Å². The van der Waals surface area contributed by atoms with Gasteiger partial charge in [-0.2, -0.15) is 0 Å². The number of hydrogen-bond donors (Lipinski definition) is 2. The summed E-state index contributed by atoms with van der Waals surface area (Å²) in [5, 5.41) is 16.0. The summed E-state index contributed by atoms with van der Waals surface area (Å²) < 4.78 is 5.59. The van der Waals surface area contributed by atoms with Gasteiger partial charge in [0, 0.05) is 13.2 Å². The Morgan fingerprint density at radius 1 is 0.750 bits per heavy atom. The lowest BCUT2D eigenvalue weighted by Crippen LogP contribution is -2.03. The predicted octanol–water partition coefficient (Wildman–Crippen LogP) is 4.30. The molecule has 2 N–H and O–H groups in total. The van der Waals surface area contributed by atoms with Gasteiger partial charge in [0.2, 0.25) is 0 Å². The van der Waals surface area contributed by atoms with Crippen LogP contribution in [0.5, 0.6) is 0 Å². The first-order chi connectivity index (χ1) is 9.68. The maximum absolute atomic E-state index is 8.11. The van der Waals surface area contributed by atoms with E-state index >= 15 is 0 Å². The summed E-state index contributed by atoms with van der Waals surface area (Å²) in [4.78, 5) is 0.